The number of hydrogen-bond donors (Lipinski definition) is 0. The van der Waals surface area contributed by atoms with E-state index in [4.69, 9.17) is 0 Å². The van der Waals surface area contributed by atoms with Crippen LogP contribution in [0.5, 0.6) is 0 Å². The fourth-order valence-corrected chi connectivity index (χ4v) is 6.13. The maximum atomic E-state index is 2.55. The Morgan fingerprint density at radius 1 is 0.391 bits per heavy atom. The van der Waals surface area contributed by atoms with Crippen molar-refractivity contribution in [2.75, 3.05) is 0 Å². The molecule has 0 atom stereocenters. The summed E-state index contributed by atoms with van der Waals surface area (Å²) in [6.45, 7) is 2.30. The van der Waals surface area contributed by atoms with E-state index in [0.29, 0.717) is 0 Å². The second-order valence-electron chi connectivity index (χ2n) is 8.97. The van der Waals surface area contributed by atoms with Gasteiger partial charge in [-0.3, -0.25) is 0 Å². The van der Waals surface area contributed by atoms with Crippen molar-refractivity contribution in [2.45, 2.75) is 139 Å². The standard InChI is InChI=1S/C22H48Ge/c1-5-6-7-8-9-10-11-12-13-14-15-16-17-18-19-20-21-22-23(2,3)4/h5-22H2,1-4H3. The summed E-state index contributed by atoms with van der Waals surface area (Å²) in [5, 5.41) is 1.58. The summed E-state index contributed by atoms with van der Waals surface area (Å²) in [7, 11) is 0. The first-order chi connectivity index (χ1) is 11.1. The molecule has 0 saturated carbocycles. The zero-order chi connectivity index (χ0) is 17.2. The molecule has 0 radical (unpaired) electrons. The summed E-state index contributed by atoms with van der Waals surface area (Å²) < 4.78 is 0. The average molecular weight is 385 g/mol. The van der Waals surface area contributed by atoms with Gasteiger partial charge in [0.1, 0.15) is 0 Å². The van der Waals surface area contributed by atoms with Crippen LogP contribution in [0.1, 0.15) is 116 Å². The van der Waals surface area contributed by atoms with E-state index in [1.807, 2.05) is 0 Å². The fraction of sp³-hybridized carbons (Fsp3) is 1.00. The molecule has 0 N–H and O–H groups in total. The molecule has 0 aromatic carbocycles. The normalized spacial score (nSPS) is 12.0. The van der Waals surface area contributed by atoms with Gasteiger partial charge in [0.15, 0.2) is 0 Å². The molecule has 0 aromatic heterocycles. The van der Waals surface area contributed by atoms with Gasteiger partial charge in [-0.15, -0.1) is 0 Å². The van der Waals surface area contributed by atoms with Crippen LogP contribution in [0.4, 0.5) is 0 Å². The maximum absolute atomic E-state index is 2.55. The van der Waals surface area contributed by atoms with Crippen molar-refractivity contribution in [3.05, 3.63) is 0 Å². The Morgan fingerprint density at radius 3 is 0.913 bits per heavy atom. The molecule has 0 heterocycles. The SMILES string of the molecule is CCCCCCCCCCCCCCCCCC[CH2][Ge]([CH3])([CH3])[CH3]. The summed E-state index contributed by atoms with van der Waals surface area (Å²) >= 11 is -1.22. The summed E-state index contributed by atoms with van der Waals surface area (Å²) in [6.07, 6.45) is 25.2. The minimum absolute atomic E-state index is 1.22. The van der Waals surface area contributed by atoms with Crippen molar-refractivity contribution in [2.24, 2.45) is 0 Å². The molecular weight excluding hydrogens is 337 g/mol. The monoisotopic (exact) mass is 386 g/mol. The first kappa shape index (κ1) is 23.5. The summed E-state index contributed by atoms with van der Waals surface area (Å²) in [5.74, 6) is 7.64. The van der Waals surface area contributed by atoms with Crippen LogP contribution < -0.4 is 0 Å². The quantitative estimate of drug-likeness (QED) is 0.163. The van der Waals surface area contributed by atoms with Gasteiger partial charge in [-0.2, -0.15) is 0 Å². The van der Waals surface area contributed by atoms with Crippen LogP contribution in [0.25, 0.3) is 0 Å². The van der Waals surface area contributed by atoms with E-state index in [2.05, 4.69) is 24.2 Å². The van der Waals surface area contributed by atoms with E-state index >= 15 is 0 Å². The van der Waals surface area contributed by atoms with Crippen LogP contribution in [0.2, 0.25) is 22.5 Å². The van der Waals surface area contributed by atoms with E-state index in [1.54, 1.807) is 5.25 Å². The van der Waals surface area contributed by atoms with Gasteiger partial charge < -0.3 is 0 Å². The summed E-state index contributed by atoms with van der Waals surface area (Å²) in [5.41, 5.74) is 0. The zero-order valence-electron chi connectivity index (χ0n) is 17.2. The van der Waals surface area contributed by atoms with Crippen LogP contribution in [0.3, 0.4) is 0 Å². The Hall–Kier alpha value is 0.543. The van der Waals surface area contributed by atoms with E-state index in [1.165, 1.54) is 109 Å². The average Bonchev–Trinajstić information content (AvgIpc) is 2.49. The van der Waals surface area contributed by atoms with Crippen LogP contribution in [0, 0.1) is 0 Å². The fourth-order valence-electron chi connectivity index (χ4n) is 3.38. The molecule has 0 aromatic rings. The molecule has 0 nitrogen and oxygen atoms in total. The second kappa shape index (κ2) is 17.4. The zero-order valence-corrected chi connectivity index (χ0v) is 19.3. The number of unbranched alkanes of at least 4 members (excludes halogenated alkanes) is 16. The second-order valence-corrected chi connectivity index (χ2v) is 20.8. The van der Waals surface area contributed by atoms with Crippen LogP contribution in [0.15, 0.2) is 0 Å². The third-order valence-corrected chi connectivity index (χ3v) is 8.92. The van der Waals surface area contributed by atoms with Crippen LogP contribution in [-0.2, 0) is 0 Å². The van der Waals surface area contributed by atoms with Crippen molar-refractivity contribution in [3.63, 3.8) is 0 Å². The van der Waals surface area contributed by atoms with Crippen LogP contribution in [-0.4, -0.2) is 13.3 Å². The predicted molar refractivity (Wildman–Crippen MR) is 112 cm³/mol. The van der Waals surface area contributed by atoms with Crippen molar-refractivity contribution in [3.8, 4) is 0 Å². The molecule has 0 spiro atoms. The van der Waals surface area contributed by atoms with E-state index in [0.717, 1.165) is 0 Å². The topological polar surface area (TPSA) is 0 Å². The minimum atomic E-state index is -1.22. The van der Waals surface area contributed by atoms with Gasteiger partial charge >= 0.3 is 106 Å². The first-order valence-electron chi connectivity index (χ1n) is 11.1. The van der Waals surface area contributed by atoms with Crippen molar-refractivity contribution in [1.82, 2.24) is 0 Å². The molecule has 23 heavy (non-hydrogen) atoms. The predicted octanol–water partition coefficient (Wildman–Crippen LogP) is 8.98. The number of hydrogen-bond acceptors (Lipinski definition) is 0. The first-order valence-corrected chi connectivity index (χ1v) is 18.8. The molecule has 0 bridgehead atoms. The van der Waals surface area contributed by atoms with Gasteiger partial charge in [0.2, 0.25) is 0 Å². The van der Waals surface area contributed by atoms with Crippen molar-refractivity contribution in [1.29, 1.82) is 0 Å². The summed E-state index contributed by atoms with van der Waals surface area (Å²) in [6, 6.07) is 0. The third kappa shape index (κ3) is 22.5. The Kier molecular flexibility index (Phi) is 17.8. The van der Waals surface area contributed by atoms with Crippen LogP contribution >= 0.6 is 0 Å². The molecule has 0 aliphatic carbocycles. The molecule has 0 aliphatic heterocycles. The van der Waals surface area contributed by atoms with E-state index < -0.39 is 13.3 Å². The molecule has 0 saturated heterocycles. The molecule has 0 unspecified atom stereocenters. The molecule has 1 heteroatoms. The van der Waals surface area contributed by atoms with Gasteiger partial charge in [0.05, 0.1) is 0 Å². The number of rotatable bonds is 18. The molecule has 0 rings (SSSR count). The third-order valence-electron chi connectivity index (χ3n) is 5.03. The molecule has 140 valence electrons. The van der Waals surface area contributed by atoms with Crippen molar-refractivity contribution < 1.29 is 0 Å². The van der Waals surface area contributed by atoms with Gasteiger partial charge in [0, 0.05) is 0 Å². The van der Waals surface area contributed by atoms with Crippen molar-refractivity contribution >= 4 is 13.3 Å². The van der Waals surface area contributed by atoms with Gasteiger partial charge in [-0.25, -0.2) is 0 Å². The van der Waals surface area contributed by atoms with Gasteiger partial charge in [-0.05, 0) is 0 Å². The van der Waals surface area contributed by atoms with Gasteiger partial charge in [0.25, 0.3) is 0 Å². The van der Waals surface area contributed by atoms with Gasteiger partial charge in [-0.1, -0.05) is 45.4 Å². The summed E-state index contributed by atoms with van der Waals surface area (Å²) in [4.78, 5) is 0. The van der Waals surface area contributed by atoms with E-state index in [9.17, 15) is 0 Å². The Balaban J connectivity index is 3.00. The Bertz CT molecular complexity index is 217. The molecule has 0 fully saturated rings. The molecule has 0 aliphatic rings. The molecular formula is C22H48Ge. The molecule has 0 amide bonds. The Labute approximate surface area is 152 Å². The van der Waals surface area contributed by atoms with E-state index in [-0.39, 0.29) is 0 Å². The Morgan fingerprint density at radius 2 is 0.652 bits per heavy atom.